The Morgan fingerprint density at radius 3 is 2.75 bits per heavy atom. The Morgan fingerprint density at radius 2 is 2.17 bits per heavy atom. The monoisotopic (exact) mass is 334 g/mol. The van der Waals surface area contributed by atoms with Crippen LogP contribution < -0.4 is 21.2 Å². The zero-order valence-electron chi connectivity index (χ0n) is 14.4. The van der Waals surface area contributed by atoms with Gasteiger partial charge in [-0.3, -0.25) is 4.79 Å². The molecule has 5 N–H and O–H groups in total. The van der Waals surface area contributed by atoms with E-state index in [0.29, 0.717) is 30.8 Å². The first-order valence-corrected chi connectivity index (χ1v) is 8.06. The maximum atomic E-state index is 11.1. The van der Waals surface area contributed by atoms with E-state index in [2.05, 4.69) is 15.8 Å². The van der Waals surface area contributed by atoms with Crippen molar-refractivity contribution in [3.05, 3.63) is 23.8 Å². The summed E-state index contributed by atoms with van der Waals surface area (Å²) in [6, 6.07) is 5.38. The standard InChI is InChI=1S/C17H26N4O3/c1-17(2,3)19-9-12(22)10-24-15-6-4-11(8-13(15)18)14-5-7-16(23)21-20-14/h4,6,8,12,19,22H,5,7,9-10,18H2,1-3H3,(H,21,23). The molecule has 7 nitrogen and oxygen atoms in total. The molecule has 0 bridgehead atoms. The number of nitrogens with zero attached hydrogens (tertiary/aromatic N) is 1. The SMILES string of the molecule is CC(C)(C)NCC(O)COc1ccc(C2=NNC(=O)CC2)cc1N. The van der Waals surface area contributed by atoms with Crippen molar-refractivity contribution < 1.29 is 14.6 Å². The van der Waals surface area contributed by atoms with Gasteiger partial charge in [0.1, 0.15) is 18.5 Å². The van der Waals surface area contributed by atoms with Gasteiger partial charge >= 0.3 is 0 Å². The van der Waals surface area contributed by atoms with E-state index >= 15 is 0 Å². The van der Waals surface area contributed by atoms with Gasteiger partial charge in [-0.05, 0) is 39.0 Å². The van der Waals surface area contributed by atoms with Gasteiger partial charge in [-0.15, -0.1) is 0 Å². The Balaban J connectivity index is 1.92. The van der Waals surface area contributed by atoms with E-state index in [1.807, 2.05) is 26.8 Å². The fourth-order valence-corrected chi connectivity index (χ4v) is 2.21. The summed E-state index contributed by atoms with van der Waals surface area (Å²) in [5, 5.41) is 17.2. The minimum absolute atomic E-state index is 0.0577. The largest absolute Gasteiger partial charge is 0.489 e. The maximum Gasteiger partial charge on any atom is 0.240 e. The first kappa shape index (κ1) is 18.2. The number of carbonyl (C=O) groups is 1. The van der Waals surface area contributed by atoms with Gasteiger partial charge in [-0.25, -0.2) is 5.43 Å². The number of benzene rings is 1. The summed E-state index contributed by atoms with van der Waals surface area (Å²) in [5.74, 6) is 0.443. The number of anilines is 1. The van der Waals surface area contributed by atoms with Crippen molar-refractivity contribution in [1.29, 1.82) is 0 Å². The zero-order chi connectivity index (χ0) is 17.7. The number of hydrogen-bond acceptors (Lipinski definition) is 6. The van der Waals surface area contributed by atoms with Gasteiger partial charge in [0, 0.05) is 30.5 Å². The highest BCUT2D eigenvalue weighted by Crippen LogP contribution is 2.24. The van der Waals surface area contributed by atoms with E-state index in [9.17, 15) is 9.90 Å². The molecule has 0 radical (unpaired) electrons. The van der Waals surface area contributed by atoms with Crippen LogP contribution in [-0.4, -0.2) is 41.5 Å². The van der Waals surface area contributed by atoms with Crippen LogP contribution in [0.5, 0.6) is 5.75 Å². The van der Waals surface area contributed by atoms with Crippen LogP contribution in [0.4, 0.5) is 5.69 Å². The third kappa shape index (κ3) is 5.50. The maximum absolute atomic E-state index is 11.1. The lowest BCUT2D eigenvalue weighted by atomic mass is 10.0. The summed E-state index contributed by atoms with van der Waals surface area (Å²) < 4.78 is 5.60. The van der Waals surface area contributed by atoms with Gasteiger partial charge in [-0.1, -0.05) is 0 Å². The molecular formula is C17H26N4O3. The molecule has 1 unspecified atom stereocenters. The molecule has 1 aliphatic heterocycles. The second-order valence-corrected chi connectivity index (χ2v) is 6.94. The molecule has 132 valence electrons. The first-order chi connectivity index (χ1) is 11.2. The van der Waals surface area contributed by atoms with Crippen molar-refractivity contribution in [1.82, 2.24) is 10.7 Å². The van der Waals surface area contributed by atoms with Crippen LogP contribution in [0.15, 0.2) is 23.3 Å². The van der Waals surface area contributed by atoms with E-state index in [4.69, 9.17) is 10.5 Å². The molecule has 2 rings (SSSR count). The highest BCUT2D eigenvalue weighted by atomic mass is 16.5. The number of β-amino-alcohol motifs (C(OH)–C–C–N with tert-alkyl or cyclic N) is 1. The van der Waals surface area contributed by atoms with Crippen molar-refractivity contribution in [3.8, 4) is 5.75 Å². The number of rotatable bonds is 6. The Bertz CT molecular complexity index is 623. The molecule has 1 aromatic rings. The number of hydrazone groups is 1. The molecule has 0 aliphatic carbocycles. The van der Waals surface area contributed by atoms with Crippen LogP contribution in [0, 0.1) is 0 Å². The Hall–Kier alpha value is -2.12. The second kappa shape index (κ2) is 7.63. The lowest BCUT2D eigenvalue weighted by molar-refractivity contribution is -0.121. The second-order valence-electron chi connectivity index (χ2n) is 6.94. The fourth-order valence-electron chi connectivity index (χ4n) is 2.21. The molecule has 0 spiro atoms. The van der Waals surface area contributed by atoms with Crippen LogP contribution in [0.1, 0.15) is 39.2 Å². The smallest absolute Gasteiger partial charge is 0.240 e. The Labute approximate surface area is 142 Å². The molecule has 1 atom stereocenters. The van der Waals surface area contributed by atoms with Gasteiger partial charge in [0.15, 0.2) is 0 Å². The number of aliphatic hydroxyl groups is 1. The van der Waals surface area contributed by atoms with Crippen molar-refractivity contribution in [3.63, 3.8) is 0 Å². The number of carbonyl (C=O) groups excluding carboxylic acids is 1. The van der Waals surface area contributed by atoms with Crippen LogP contribution in [-0.2, 0) is 4.79 Å². The van der Waals surface area contributed by atoms with Gasteiger partial charge in [0.25, 0.3) is 0 Å². The predicted octanol–water partition coefficient (Wildman–Crippen LogP) is 1.01. The summed E-state index contributed by atoms with van der Waals surface area (Å²) >= 11 is 0. The molecule has 0 fully saturated rings. The third-order valence-corrected chi connectivity index (χ3v) is 3.55. The Morgan fingerprint density at radius 1 is 1.42 bits per heavy atom. The number of nitrogens with one attached hydrogen (secondary N) is 2. The molecule has 1 heterocycles. The molecule has 24 heavy (non-hydrogen) atoms. The van der Waals surface area contributed by atoms with E-state index < -0.39 is 6.10 Å². The highest BCUT2D eigenvalue weighted by Gasteiger charge is 2.16. The van der Waals surface area contributed by atoms with Crippen LogP contribution >= 0.6 is 0 Å². The summed E-state index contributed by atoms with van der Waals surface area (Å²) in [6.07, 6.45) is 0.383. The molecule has 1 aromatic carbocycles. The summed E-state index contributed by atoms with van der Waals surface area (Å²) in [5.41, 5.74) is 10.6. The van der Waals surface area contributed by atoms with Crippen LogP contribution in [0.2, 0.25) is 0 Å². The van der Waals surface area contributed by atoms with Crippen molar-refractivity contribution in [2.24, 2.45) is 5.10 Å². The number of ether oxygens (including phenoxy) is 1. The molecule has 0 saturated carbocycles. The molecule has 0 aromatic heterocycles. The number of amides is 1. The topological polar surface area (TPSA) is 109 Å². The summed E-state index contributed by atoms with van der Waals surface area (Å²) in [7, 11) is 0. The number of nitrogen functional groups attached to an aromatic ring is 1. The predicted molar refractivity (Wildman–Crippen MR) is 94.0 cm³/mol. The molecular weight excluding hydrogens is 308 g/mol. The molecule has 7 heteroatoms. The van der Waals surface area contributed by atoms with Gasteiger partial charge in [-0.2, -0.15) is 5.10 Å². The molecule has 1 amide bonds. The Kier molecular flexibility index (Phi) is 5.80. The van der Waals surface area contributed by atoms with Crippen molar-refractivity contribution in [2.45, 2.75) is 45.3 Å². The average molecular weight is 334 g/mol. The van der Waals surface area contributed by atoms with Crippen LogP contribution in [0.25, 0.3) is 0 Å². The van der Waals surface area contributed by atoms with E-state index in [1.165, 1.54) is 0 Å². The lowest BCUT2D eigenvalue weighted by Gasteiger charge is -2.23. The number of aliphatic hydroxyl groups excluding tert-OH is 1. The number of hydrogen-bond donors (Lipinski definition) is 4. The fraction of sp³-hybridized carbons (Fsp3) is 0.529. The van der Waals surface area contributed by atoms with Gasteiger partial charge < -0.3 is 20.9 Å². The highest BCUT2D eigenvalue weighted by molar-refractivity contribution is 6.04. The lowest BCUT2D eigenvalue weighted by Crippen LogP contribution is -2.42. The van der Waals surface area contributed by atoms with Crippen LogP contribution in [0.3, 0.4) is 0 Å². The molecule has 0 saturated heterocycles. The molecule has 1 aliphatic rings. The van der Waals surface area contributed by atoms with E-state index in [-0.39, 0.29) is 18.1 Å². The normalized spacial score (nSPS) is 16.3. The van der Waals surface area contributed by atoms with Gasteiger partial charge in [0.2, 0.25) is 5.91 Å². The third-order valence-electron chi connectivity index (χ3n) is 3.55. The van der Waals surface area contributed by atoms with E-state index in [1.54, 1.807) is 12.1 Å². The van der Waals surface area contributed by atoms with Crippen molar-refractivity contribution >= 4 is 17.3 Å². The first-order valence-electron chi connectivity index (χ1n) is 8.06. The number of nitrogens with two attached hydrogens (primary N) is 1. The zero-order valence-corrected chi connectivity index (χ0v) is 14.4. The summed E-state index contributed by atoms with van der Waals surface area (Å²) in [4.78, 5) is 11.1. The van der Waals surface area contributed by atoms with E-state index in [0.717, 1.165) is 11.3 Å². The van der Waals surface area contributed by atoms with Gasteiger partial charge in [0.05, 0.1) is 11.4 Å². The summed E-state index contributed by atoms with van der Waals surface area (Å²) in [6.45, 7) is 6.71. The van der Waals surface area contributed by atoms with Crippen molar-refractivity contribution in [2.75, 3.05) is 18.9 Å². The minimum atomic E-state index is -0.624. The quantitative estimate of drug-likeness (QED) is 0.581. The average Bonchev–Trinajstić information content (AvgIpc) is 2.52. The minimum Gasteiger partial charge on any atom is -0.489 e.